The number of nitrogens with zero attached hydrogens (tertiary/aromatic N) is 1. The van der Waals surface area contributed by atoms with Crippen LogP contribution in [-0.2, 0) is 9.59 Å². The van der Waals surface area contributed by atoms with Crippen molar-refractivity contribution in [3.63, 3.8) is 0 Å². The maximum atomic E-state index is 15.8. The summed E-state index contributed by atoms with van der Waals surface area (Å²) in [6.07, 6.45) is 0.692. The van der Waals surface area contributed by atoms with E-state index >= 15 is 8.78 Å². The number of nitrogens with one attached hydrogen (secondary N) is 1. The molecule has 4 bridgehead atoms. The second kappa shape index (κ2) is 11.8. The van der Waals surface area contributed by atoms with E-state index < -0.39 is 47.6 Å². The third kappa shape index (κ3) is 5.60. The summed E-state index contributed by atoms with van der Waals surface area (Å²) in [6.45, 7) is 3.40. The van der Waals surface area contributed by atoms with E-state index in [1.807, 2.05) is 13.0 Å². The van der Waals surface area contributed by atoms with Crippen LogP contribution in [0.5, 0.6) is 11.5 Å². The van der Waals surface area contributed by atoms with E-state index in [1.165, 1.54) is 24.4 Å². The van der Waals surface area contributed by atoms with Crippen LogP contribution in [-0.4, -0.2) is 21.6 Å². The number of amides is 1. The van der Waals surface area contributed by atoms with Crippen molar-refractivity contribution in [2.45, 2.75) is 32.4 Å². The highest BCUT2D eigenvalue weighted by Gasteiger charge is 2.32. The van der Waals surface area contributed by atoms with E-state index in [0.29, 0.717) is 22.4 Å². The monoisotopic (exact) mass is 606 g/mol. The maximum absolute atomic E-state index is 15.8. The molecule has 0 radical (unpaired) electrons. The first-order valence-electron chi connectivity index (χ1n) is 14.3. The van der Waals surface area contributed by atoms with Gasteiger partial charge < -0.3 is 15.2 Å². The molecule has 1 aliphatic rings. The van der Waals surface area contributed by atoms with Gasteiger partial charge in [0.1, 0.15) is 29.2 Å². The number of rotatable bonds is 4. The van der Waals surface area contributed by atoms with Gasteiger partial charge >= 0.3 is 5.97 Å². The molecule has 6 rings (SSSR count). The van der Waals surface area contributed by atoms with Gasteiger partial charge in [-0.15, -0.1) is 0 Å². The number of aryl methyl sites for hydroxylation is 2. The molecule has 0 spiro atoms. The molecule has 0 unspecified atom stereocenters. The predicted octanol–water partition coefficient (Wildman–Crippen LogP) is 7.10. The lowest BCUT2D eigenvalue weighted by Gasteiger charge is -2.25. The number of ether oxygens (including phenoxy) is 1. The van der Waals surface area contributed by atoms with Crippen LogP contribution >= 0.6 is 0 Å². The quantitative estimate of drug-likeness (QED) is 0.227. The molecule has 226 valence electrons. The Kier molecular flexibility index (Phi) is 7.76. The van der Waals surface area contributed by atoms with Crippen LogP contribution in [0.25, 0.3) is 22.3 Å². The van der Waals surface area contributed by atoms with Crippen LogP contribution in [0.15, 0.2) is 102 Å². The minimum absolute atomic E-state index is 0.0643. The number of fused-ring (bicyclic) bond motifs is 6. The van der Waals surface area contributed by atoms with Gasteiger partial charge in [0.2, 0.25) is 5.91 Å². The first-order valence-corrected chi connectivity index (χ1v) is 14.3. The van der Waals surface area contributed by atoms with Gasteiger partial charge in [-0.25, -0.2) is 8.78 Å². The van der Waals surface area contributed by atoms with E-state index in [2.05, 4.69) is 5.32 Å². The van der Waals surface area contributed by atoms with Gasteiger partial charge in [-0.1, -0.05) is 42.5 Å². The van der Waals surface area contributed by atoms with Crippen molar-refractivity contribution in [1.29, 1.82) is 0 Å². The molecular weight excluding hydrogens is 578 g/mol. The number of halogens is 2. The Hall–Kier alpha value is -5.57. The van der Waals surface area contributed by atoms with Gasteiger partial charge in [0.25, 0.3) is 5.56 Å². The number of carboxylic acid groups (broad SMARTS) is 1. The molecule has 45 heavy (non-hydrogen) atoms. The first-order chi connectivity index (χ1) is 21.6. The zero-order chi connectivity index (χ0) is 31.8. The van der Waals surface area contributed by atoms with Crippen molar-refractivity contribution in [3.8, 4) is 33.8 Å². The highest BCUT2D eigenvalue weighted by atomic mass is 19.1. The van der Waals surface area contributed by atoms with E-state index in [4.69, 9.17) is 4.74 Å². The van der Waals surface area contributed by atoms with Crippen LogP contribution in [0, 0.1) is 25.5 Å². The summed E-state index contributed by atoms with van der Waals surface area (Å²) >= 11 is 0. The SMILES string of the molecule is Cc1cc2cc(c1F)[C@@H](CC(=O)O)NC(=O)[C@H](n1cccc(-c3ccccc3)c1=O)c1cc(ccc1F)Oc1cccc(C)c1-2. The maximum Gasteiger partial charge on any atom is 0.305 e. The Morgan fingerprint density at radius 3 is 2.40 bits per heavy atom. The van der Waals surface area contributed by atoms with Crippen LogP contribution in [0.3, 0.4) is 0 Å². The van der Waals surface area contributed by atoms with Gasteiger partial charge in [0.05, 0.1) is 12.5 Å². The predicted molar refractivity (Wildman–Crippen MR) is 165 cm³/mol. The molecule has 0 saturated heterocycles. The molecule has 0 aliphatic carbocycles. The van der Waals surface area contributed by atoms with Crippen molar-refractivity contribution in [2.75, 3.05) is 0 Å². The largest absolute Gasteiger partial charge is 0.481 e. The lowest BCUT2D eigenvalue weighted by Crippen LogP contribution is -2.41. The molecule has 1 amide bonds. The number of benzene rings is 4. The average Bonchev–Trinajstić information content (AvgIpc) is 3.01. The zero-order valence-corrected chi connectivity index (χ0v) is 24.4. The molecule has 0 fully saturated rings. The van der Waals surface area contributed by atoms with Gasteiger partial charge in [-0.2, -0.15) is 0 Å². The van der Waals surface area contributed by atoms with E-state index in [-0.39, 0.29) is 28.0 Å². The summed E-state index contributed by atoms with van der Waals surface area (Å²) in [7, 11) is 0. The summed E-state index contributed by atoms with van der Waals surface area (Å²) in [5.74, 6) is -3.10. The van der Waals surface area contributed by atoms with Crippen molar-refractivity contribution in [3.05, 3.63) is 141 Å². The minimum Gasteiger partial charge on any atom is -0.481 e. The molecule has 4 aromatic carbocycles. The van der Waals surface area contributed by atoms with Crippen molar-refractivity contribution < 1.29 is 28.2 Å². The van der Waals surface area contributed by atoms with Gasteiger partial charge in [0, 0.05) is 28.5 Å². The molecule has 5 aromatic rings. The summed E-state index contributed by atoms with van der Waals surface area (Å²) in [5.41, 5.74) is 2.20. The number of aromatic nitrogens is 1. The van der Waals surface area contributed by atoms with Crippen LogP contribution in [0.4, 0.5) is 8.78 Å². The van der Waals surface area contributed by atoms with Gasteiger partial charge in [-0.3, -0.25) is 19.0 Å². The second-order valence-corrected chi connectivity index (χ2v) is 11.0. The molecule has 0 saturated carbocycles. The van der Waals surface area contributed by atoms with Gasteiger partial charge in [0.15, 0.2) is 0 Å². The fourth-order valence-corrected chi connectivity index (χ4v) is 5.84. The standard InChI is InChI=1S/C36H28F2N2O5/c1-20-8-6-12-30-32(20)23-16-21(2)33(38)27(17-23)29(19-31(41)42)39-35(43)34(26-18-24(45-30)13-14-28(26)37)40-15-7-11-25(36(40)44)22-9-4-3-5-10-22/h3-18,29,34H,19H2,1-2H3,(H,39,43)(H,41,42)/t29-,34-/m1/s1. The molecule has 2 N–H and O–H groups in total. The Morgan fingerprint density at radius 1 is 0.867 bits per heavy atom. The third-order valence-corrected chi connectivity index (χ3v) is 7.95. The Labute approximate surface area is 257 Å². The molecule has 2 heterocycles. The molecular formula is C36H28F2N2O5. The topological polar surface area (TPSA) is 97.6 Å². The number of carbonyl (C=O) groups excluding carboxylic acids is 1. The number of hydrogen-bond acceptors (Lipinski definition) is 4. The van der Waals surface area contributed by atoms with Crippen molar-refractivity contribution >= 4 is 11.9 Å². The molecule has 9 heteroatoms. The highest BCUT2D eigenvalue weighted by Crippen LogP contribution is 2.40. The zero-order valence-electron chi connectivity index (χ0n) is 24.4. The number of carbonyl (C=O) groups is 2. The Morgan fingerprint density at radius 2 is 1.64 bits per heavy atom. The average molecular weight is 607 g/mol. The van der Waals surface area contributed by atoms with Crippen LogP contribution in [0.2, 0.25) is 0 Å². The molecule has 7 nitrogen and oxygen atoms in total. The lowest BCUT2D eigenvalue weighted by molar-refractivity contribution is -0.137. The fraction of sp³-hybridized carbons (Fsp3) is 0.139. The van der Waals surface area contributed by atoms with E-state index in [1.54, 1.807) is 67.6 Å². The summed E-state index contributed by atoms with van der Waals surface area (Å²) in [5, 5.41) is 12.5. The highest BCUT2D eigenvalue weighted by molar-refractivity contribution is 5.85. The van der Waals surface area contributed by atoms with Crippen molar-refractivity contribution in [2.24, 2.45) is 0 Å². The first kappa shape index (κ1) is 29.5. The van der Waals surface area contributed by atoms with E-state index in [9.17, 15) is 19.5 Å². The number of carboxylic acids is 1. The lowest BCUT2D eigenvalue weighted by atomic mass is 9.92. The van der Waals surface area contributed by atoms with Crippen LogP contribution < -0.4 is 15.6 Å². The molecule has 1 aromatic heterocycles. The number of aliphatic carboxylic acids is 1. The number of hydrogen-bond donors (Lipinski definition) is 2. The summed E-state index contributed by atoms with van der Waals surface area (Å²) in [6, 6.07) is 21.4. The van der Waals surface area contributed by atoms with Crippen LogP contribution in [0.1, 0.15) is 40.8 Å². The Bertz CT molecular complexity index is 2020. The smallest absolute Gasteiger partial charge is 0.305 e. The van der Waals surface area contributed by atoms with Gasteiger partial charge in [-0.05, 0) is 84.6 Å². The van der Waals surface area contributed by atoms with E-state index in [0.717, 1.165) is 16.2 Å². The van der Waals surface area contributed by atoms with Crippen molar-refractivity contribution in [1.82, 2.24) is 9.88 Å². The Balaban J connectivity index is 1.63. The molecule has 1 aliphatic heterocycles. The number of pyridine rings is 1. The second-order valence-electron chi connectivity index (χ2n) is 11.0. The fourth-order valence-electron chi connectivity index (χ4n) is 5.84. The molecule has 2 atom stereocenters. The third-order valence-electron chi connectivity index (χ3n) is 7.95. The summed E-state index contributed by atoms with van der Waals surface area (Å²) in [4.78, 5) is 40.2. The normalized spacial score (nSPS) is 15.9. The summed E-state index contributed by atoms with van der Waals surface area (Å²) < 4.78 is 38.9. The minimum atomic E-state index is -1.61.